The number of hydrogen-bond donors (Lipinski definition) is 1. The molecule has 5 rings (SSSR count). The van der Waals surface area contributed by atoms with Crippen LogP contribution in [-0.2, 0) is 22.4 Å². The van der Waals surface area contributed by atoms with Crippen LogP contribution < -0.4 is 0 Å². The van der Waals surface area contributed by atoms with E-state index in [-0.39, 0.29) is 11.9 Å². The van der Waals surface area contributed by atoms with E-state index >= 15 is 0 Å². The van der Waals surface area contributed by atoms with Gasteiger partial charge in [0.15, 0.2) is 0 Å². The van der Waals surface area contributed by atoms with Crippen molar-refractivity contribution in [1.82, 2.24) is 9.80 Å². The molecule has 5 heteroatoms. The standard InChI is InChI=1S/C29H30N2O3/c32-28(27(23-11-3-1-4-12-23)24-13-5-2-6-14-24)31-20-25(19-26(31)29(33)34)30-17-15-21-9-7-8-10-22(21)16-18-30/h1-14,25-27H,15-20H2,(H,33,34)/t25-,26-/m0/s1. The molecule has 2 atom stereocenters. The highest BCUT2D eigenvalue weighted by atomic mass is 16.4. The normalized spacial score (nSPS) is 20.7. The van der Waals surface area contributed by atoms with Crippen molar-refractivity contribution in [3.63, 3.8) is 0 Å². The van der Waals surface area contributed by atoms with Crippen LogP contribution in [0.15, 0.2) is 84.9 Å². The van der Waals surface area contributed by atoms with Crippen LogP contribution >= 0.6 is 0 Å². The summed E-state index contributed by atoms with van der Waals surface area (Å²) in [4.78, 5) is 30.3. The number of aliphatic carboxylic acids is 1. The zero-order valence-electron chi connectivity index (χ0n) is 19.2. The van der Waals surface area contributed by atoms with Gasteiger partial charge in [0, 0.05) is 25.7 Å². The lowest BCUT2D eigenvalue weighted by atomic mass is 9.90. The number of hydrogen-bond acceptors (Lipinski definition) is 3. The number of carbonyl (C=O) groups excluding carboxylic acids is 1. The summed E-state index contributed by atoms with van der Waals surface area (Å²) in [5, 5.41) is 10.1. The SMILES string of the molecule is O=C(O)[C@@H]1C[C@H](N2CCc3ccccc3CC2)CN1C(=O)C(c1ccccc1)c1ccccc1. The highest BCUT2D eigenvalue weighted by Crippen LogP contribution is 2.32. The number of carbonyl (C=O) groups is 2. The lowest BCUT2D eigenvalue weighted by molar-refractivity contribution is -0.148. The van der Waals surface area contributed by atoms with Crippen molar-refractivity contribution in [2.75, 3.05) is 19.6 Å². The van der Waals surface area contributed by atoms with E-state index in [4.69, 9.17) is 0 Å². The third-order valence-electron chi connectivity index (χ3n) is 7.33. The lowest BCUT2D eigenvalue weighted by Crippen LogP contribution is -2.44. The minimum atomic E-state index is -0.922. The summed E-state index contributed by atoms with van der Waals surface area (Å²) >= 11 is 0. The highest BCUT2D eigenvalue weighted by molar-refractivity contribution is 5.91. The minimum absolute atomic E-state index is 0.0477. The van der Waals surface area contributed by atoms with Gasteiger partial charge in [-0.05, 0) is 41.5 Å². The van der Waals surface area contributed by atoms with E-state index in [0.29, 0.717) is 13.0 Å². The maximum atomic E-state index is 14.0. The van der Waals surface area contributed by atoms with Crippen LogP contribution in [0.1, 0.15) is 34.6 Å². The molecule has 34 heavy (non-hydrogen) atoms. The molecule has 0 aliphatic carbocycles. The number of nitrogens with zero attached hydrogens (tertiary/aromatic N) is 2. The Morgan fingerprint density at radius 3 is 1.76 bits per heavy atom. The molecule has 2 heterocycles. The maximum Gasteiger partial charge on any atom is 0.326 e. The molecule has 0 unspecified atom stereocenters. The van der Waals surface area contributed by atoms with Crippen molar-refractivity contribution in [3.05, 3.63) is 107 Å². The molecule has 0 spiro atoms. The summed E-state index contributed by atoms with van der Waals surface area (Å²) in [6.45, 7) is 2.22. The molecular weight excluding hydrogens is 424 g/mol. The average Bonchev–Trinajstić information content (AvgIpc) is 3.21. The van der Waals surface area contributed by atoms with Gasteiger partial charge in [-0.1, -0.05) is 84.9 Å². The number of rotatable bonds is 5. The predicted molar refractivity (Wildman–Crippen MR) is 132 cm³/mol. The summed E-state index contributed by atoms with van der Waals surface area (Å²) in [7, 11) is 0. The summed E-state index contributed by atoms with van der Waals surface area (Å²) in [6.07, 6.45) is 2.37. The van der Waals surface area contributed by atoms with Gasteiger partial charge in [-0.2, -0.15) is 0 Å². The number of carboxylic acid groups (broad SMARTS) is 1. The van der Waals surface area contributed by atoms with E-state index in [1.165, 1.54) is 11.1 Å². The van der Waals surface area contributed by atoms with E-state index < -0.39 is 17.9 Å². The van der Waals surface area contributed by atoms with Gasteiger partial charge >= 0.3 is 5.97 Å². The predicted octanol–water partition coefficient (Wildman–Crippen LogP) is 3.97. The Morgan fingerprint density at radius 1 is 0.765 bits per heavy atom. The average molecular weight is 455 g/mol. The summed E-state index contributed by atoms with van der Waals surface area (Å²) < 4.78 is 0. The molecule has 2 aliphatic heterocycles. The van der Waals surface area contributed by atoms with Crippen molar-refractivity contribution >= 4 is 11.9 Å². The van der Waals surface area contributed by atoms with Crippen LogP contribution in [0.25, 0.3) is 0 Å². The molecule has 3 aromatic rings. The number of benzene rings is 3. The van der Waals surface area contributed by atoms with Gasteiger partial charge in [-0.3, -0.25) is 9.69 Å². The second-order valence-corrected chi connectivity index (χ2v) is 9.29. The maximum absolute atomic E-state index is 14.0. The van der Waals surface area contributed by atoms with Crippen LogP contribution in [0.5, 0.6) is 0 Å². The van der Waals surface area contributed by atoms with Gasteiger partial charge in [0.05, 0.1) is 5.92 Å². The van der Waals surface area contributed by atoms with Crippen LogP contribution in [0.3, 0.4) is 0 Å². The first-order valence-electron chi connectivity index (χ1n) is 12.1. The van der Waals surface area contributed by atoms with Crippen LogP contribution in [-0.4, -0.2) is 58.5 Å². The van der Waals surface area contributed by atoms with Crippen LogP contribution in [0, 0.1) is 0 Å². The lowest BCUT2D eigenvalue weighted by Gasteiger charge is -2.29. The number of carboxylic acids is 1. The first kappa shape index (κ1) is 22.4. The zero-order chi connectivity index (χ0) is 23.5. The van der Waals surface area contributed by atoms with E-state index in [0.717, 1.165) is 37.1 Å². The fourth-order valence-electron chi connectivity index (χ4n) is 5.54. The van der Waals surface area contributed by atoms with Gasteiger partial charge in [-0.25, -0.2) is 4.79 Å². The molecule has 5 nitrogen and oxygen atoms in total. The molecule has 2 aliphatic rings. The largest absolute Gasteiger partial charge is 0.480 e. The molecule has 0 bridgehead atoms. The first-order chi connectivity index (χ1) is 16.6. The summed E-state index contributed by atoms with van der Waals surface area (Å²) in [5.41, 5.74) is 4.52. The fraction of sp³-hybridized carbons (Fsp3) is 0.310. The van der Waals surface area contributed by atoms with Gasteiger partial charge in [0.1, 0.15) is 6.04 Å². The van der Waals surface area contributed by atoms with Gasteiger partial charge in [0.25, 0.3) is 0 Å². The summed E-state index contributed by atoms with van der Waals surface area (Å²) in [6, 6.07) is 27.1. The van der Waals surface area contributed by atoms with E-state index in [1.54, 1.807) is 4.90 Å². The third-order valence-corrected chi connectivity index (χ3v) is 7.33. The number of amides is 1. The molecular formula is C29H30N2O3. The van der Waals surface area contributed by atoms with Crippen molar-refractivity contribution in [2.24, 2.45) is 0 Å². The quantitative estimate of drug-likeness (QED) is 0.634. The van der Waals surface area contributed by atoms with E-state index in [2.05, 4.69) is 29.2 Å². The molecule has 1 N–H and O–H groups in total. The van der Waals surface area contributed by atoms with Crippen molar-refractivity contribution < 1.29 is 14.7 Å². The Hall–Kier alpha value is -3.44. The number of likely N-dealkylation sites (tertiary alicyclic amines) is 1. The molecule has 0 aromatic heterocycles. The van der Waals surface area contributed by atoms with Gasteiger partial charge in [-0.15, -0.1) is 0 Å². The molecule has 0 saturated carbocycles. The minimum Gasteiger partial charge on any atom is -0.480 e. The first-order valence-corrected chi connectivity index (χ1v) is 12.1. The molecule has 1 saturated heterocycles. The Morgan fingerprint density at radius 2 is 1.26 bits per heavy atom. The zero-order valence-corrected chi connectivity index (χ0v) is 19.2. The molecule has 0 radical (unpaired) electrons. The highest BCUT2D eigenvalue weighted by Gasteiger charge is 2.44. The van der Waals surface area contributed by atoms with Crippen LogP contribution in [0.4, 0.5) is 0 Å². The second kappa shape index (κ2) is 9.82. The Labute approximate surface area is 200 Å². The second-order valence-electron chi connectivity index (χ2n) is 9.29. The summed E-state index contributed by atoms with van der Waals surface area (Å²) in [5.74, 6) is -1.57. The van der Waals surface area contributed by atoms with Crippen LogP contribution in [0.2, 0.25) is 0 Å². The third kappa shape index (κ3) is 4.48. The molecule has 1 amide bonds. The number of fused-ring (bicyclic) bond motifs is 1. The topological polar surface area (TPSA) is 60.9 Å². The van der Waals surface area contributed by atoms with Crippen molar-refractivity contribution in [2.45, 2.75) is 37.3 Å². The van der Waals surface area contributed by atoms with E-state index in [1.807, 2.05) is 60.7 Å². The molecule has 1 fully saturated rings. The smallest absolute Gasteiger partial charge is 0.326 e. The monoisotopic (exact) mass is 454 g/mol. The van der Waals surface area contributed by atoms with Gasteiger partial charge < -0.3 is 10.0 Å². The molecule has 174 valence electrons. The molecule has 3 aromatic carbocycles. The fourth-order valence-corrected chi connectivity index (χ4v) is 5.54. The van der Waals surface area contributed by atoms with Gasteiger partial charge in [0.2, 0.25) is 5.91 Å². The van der Waals surface area contributed by atoms with Crippen molar-refractivity contribution in [3.8, 4) is 0 Å². The Kier molecular flexibility index (Phi) is 6.45. The van der Waals surface area contributed by atoms with Crippen molar-refractivity contribution in [1.29, 1.82) is 0 Å². The van der Waals surface area contributed by atoms with E-state index in [9.17, 15) is 14.7 Å². The Bertz CT molecular complexity index is 1080. The Balaban J connectivity index is 1.40.